The smallest absolute Gasteiger partial charge is 0.324 e. The molecule has 0 saturated carbocycles. The van der Waals surface area contributed by atoms with E-state index in [0.29, 0.717) is 19.0 Å². The van der Waals surface area contributed by atoms with Crippen molar-refractivity contribution < 1.29 is 9.59 Å². The number of piperidine rings is 1. The highest BCUT2D eigenvalue weighted by Crippen LogP contribution is 2.34. The quantitative estimate of drug-likeness (QED) is 0.915. The van der Waals surface area contributed by atoms with Crippen molar-refractivity contribution >= 4 is 33.5 Å². The minimum absolute atomic E-state index is 0.0894. The molecule has 6 nitrogen and oxygen atoms in total. The van der Waals surface area contributed by atoms with Gasteiger partial charge in [0.05, 0.1) is 21.3 Å². The number of thiazole rings is 1. The lowest BCUT2D eigenvalue weighted by atomic mass is 9.96. The van der Waals surface area contributed by atoms with Crippen molar-refractivity contribution in [3.63, 3.8) is 0 Å². The van der Waals surface area contributed by atoms with Gasteiger partial charge in [-0.05, 0) is 45.0 Å². The van der Waals surface area contributed by atoms with Gasteiger partial charge in [0, 0.05) is 19.0 Å². The van der Waals surface area contributed by atoms with Gasteiger partial charge in [-0.1, -0.05) is 12.1 Å². The number of imide groups is 1. The predicted molar refractivity (Wildman–Crippen MR) is 97.7 cm³/mol. The summed E-state index contributed by atoms with van der Waals surface area (Å²) in [6, 6.07) is 7.74. The summed E-state index contributed by atoms with van der Waals surface area (Å²) in [5.74, 6) is 0.375. The second-order valence-corrected chi connectivity index (χ2v) is 7.79. The molecular formula is C18H22N4O2S. The van der Waals surface area contributed by atoms with Crippen LogP contribution in [0.5, 0.6) is 0 Å². The Morgan fingerprint density at radius 1 is 1.28 bits per heavy atom. The number of para-hydroxylation sites is 1. The first-order valence-corrected chi connectivity index (χ1v) is 9.64. The molecule has 4 rings (SSSR count). The number of likely N-dealkylation sites (tertiary alicyclic amines) is 1. The molecule has 3 heterocycles. The number of rotatable bonds is 3. The highest BCUT2D eigenvalue weighted by molar-refractivity contribution is 7.18. The first-order valence-electron chi connectivity index (χ1n) is 8.82. The minimum Gasteiger partial charge on any atom is -0.336 e. The molecule has 2 aromatic rings. The zero-order valence-corrected chi connectivity index (χ0v) is 15.1. The Morgan fingerprint density at radius 3 is 2.72 bits per heavy atom. The number of benzene rings is 1. The molecular weight excluding hydrogens is 336 g/mol. The number of fused-ring (bicyclic) bond motifs is 1. The van der Waals surface area contributed by atoms with Crippen molar-refractivity contribution in [1.82, 2.24) is 20.1 Å². The summed E-state index contributed by atoms with van der Waals surface area (Å²) in [6.45, 7) is 4.67. The summed E-state index contributed by atoms with van der Waals surface area (Å²) in [5.41, 5.74) is 1.08. The lowest BCUT2D eigenvalue weighted by Gasteiger charge is -2.35. The van der Waals surface area contributed by atoms with Gasteiger partial charge in [-0.2, -0.15) is 0 Å². The fourth-order valence-electron chi connectivity index (χ4n) is 3.66. The maximum absolute atomic E-state index is 12.5. The summed E-state index contributed by atoms with van der Waals surface area (Å²) in [7, 11) is 0. The van der Waals surface area contributed by atoms with Crippen molar-refractivity contribution in [2.45, 2.75) is 31.7 Å². The van der Waals surface area contributed by atoms with Crippen LogP contribution in [0, 0.1) is 0 Å². The number of aromatic nitrogens is 1. The van der Waals surface area contributed by atoms with E-state index >= 15 is 0 Å². The Bertz CT molecular complexity index is 764. The molecule has 1 aromatic heterocycles. The first kappa shape index (κ1) is 16.5. The molecule has 1 aromatic carbocycles. The molecule has 3 amide bonds. The Morgan fingerprint density at radius 2 is 2.04 bits per heavy atom. The summed E-state index contributed by atoms with van der Waals surface area (Å²) < 4.78 is 1.24. The molecule has 0 radical (unpaired) electrons. The standard InChI is InChI=1S/C18H22N4O2S/c1-12(17(23)22-11-8-19-18(22)24)21-9-6-13(7-10-21)16-20-14-4-2-3-5-15(14)25-16/h2-5,12-13H,6-11H2,1H3,(H,19,24)/t12-/m1/s1. The average molecular weight is 358 g/mol. The topological polar surface area (TPSA) is 65.5 Å². The van der Waals surface area contributed by atoms with Crippen LogP contribution in [0.25, 0.3) is 10.2 Å². The van der Waals surface area contributed by atoms with Crippen LogP contribution in [0.2, 0.25) is 0 Å². The average Bonchev–Trinajstić information content (AvgIpc) is 3.26. The van der Waals surface area contributed by atoms with Crippen molar-refractivity contribution in [2.75, 3.05) is 26.2 Å². The first-order chi connectivity index (χ1) is 12.1. The Labute approximate surface area is 150 Å². The maximum atomic E-state index is 12.5. The number of nitrogens with zero attached hydrogens (tertiary/aromatic N) is 3. The fraction of sp³-hybridized carbons (Fsp3) is 0.500. The third-order valence-corrected chi connectivity index (χ3v) is 6.42. The number of hydrogen-bond acceptors (Lipinski definition) is 5. The second kappa shape index (κ2) is 6.72. The molecule has 132 valence electrons. The van der Waals surface area contributed by atoms with Crippen molar-refractivity contribution in [3.8, 4) is 0 Å². The van der Waals surface area contributed by atoms with E-state index in [1.165, 1.54) is 14.6 Å². The van der Waals surface area contributed by atoms with Gasteiger partial charge >= 0.3 is 6.03 Å². The number of carbonyl (C=O) groups is 2. The van der Waals surface area contributed by atoms with Gasteiger partial charge in [0.25, 0.3) is 0 Å². The van der Waals surface area contributed by atoms with Gasteiger partial charge in [-0.15, -0.1) is 11.3 Å². The van der Waals surface area contributed by atoms with Gasteiger partial charge in [-0.3, -0.25) is 14.6 Å². The van der Waals surface area contributed by atoms with E-state index in [-0.39, 0.29) is 18.0 Å². The highest BCUT2D eigenvalue weighted by atomic mass is 32.1. The van der Waals surface area contributed by atoms with Crippen LogP contribution < -0.4 is 5.32 Å². The molecule has 0 spiro atoms. The van der Waals surface area contributed by atoms with Gasteiger partial charge in [0.1, 0.15) is 0 Å². The lowest BCUT2D eigenvalue weighted by molar-refractivity contribution is -0.133. The van der Waals surface area contributed by atoms with E-state index in [1.54, 1.807) is 11.3 Å². The molecule has 2 aliphatic heterocycles. The molecule has 1 atom stereocenters. The van der Waals surface area contributed by atoms with E-state index in [4.69, 9.17) is 4.98 Å². The van der Waals surface area contributed by atoms with Crippen LogP contribution >= 0.6 is 11.3 Å². The largest absolute Gasteiger partial charge is 0.336 e. The molecule has 7 heteroatoms. The van der Waals surface area contributed by atoms with Crippen LogP contribution in [0.15, 0.2) is 24.3 Å². The molecule has 0 aliphatic carbocycles. The van der Waals surface area contributed by atoms with E-state index in [0.717, 1.165) is 31.4 Å². The van der Waals surface area contributed by atoms with E-state index < -0.39 is 0 Å². The van der Waals surface area contributed by atoms with E-state index in [1.807, 2.05) is 13.0 Å². The number of hydrogen-bond donors (Lipinski definition) is 1. The van der Waals surface area contributed by atoms with Crippen molar-refractivity contribution in [1.29, 1.82) is 0 Å². The summed E-state index contributed by atoms with van der Waals surface area (Å²) >= 11 is 1.78. The van der Waals surface area contributed by atoms with E-state index in [2.05, 4.69) is 28.4 Å². The number of urea groups is 1. The maximum Gasteiger partial charge on any atom is 0.324 e. The summed E-state index contributed by atoms with van der Waals surface area (Å²) in [6.07, 6.45) is 2.01. The van der Waals surface area contributed by atoms with Gasteiger partial charge < -0.3 is 5.32 Å². The Balaban J connectivity index is 1.39. The highest BCUT2D eigenvalue weighted by Gasteiger charge is 2.34. The fourth-order valence-corrected chi connectivity index (χ4v) is 4.80. The molecule has 0 bridgehead atoms. The molecule has 2 fully saturated rings. The monoisotopic (exact) mass is 358 g/mol. The van der Waals surface area contributed by atoms with Crippen LogP contribution in [0.1, 0.15) is 30.7 Å². The normalized spacial score (nSPS) is 20.8. The van der Waals surface area contributed by atoms with Crippen molar-refractivity contribution in [2.24, 2.45) is 0 Å². The summed E-state index contributed by atoms with van der Waals surface area (Å²) in [4.78, 5) is 32.5. The molecule has 2 saturated heterocycles. The Hall–Kier alpha value is -1.99. The van der Waals surface area contributed by atoms with Crippen LogP contribution in [0.4, 0.5) is 4.79 Å². The number of amides is 3. The molecule has 1 N–H and O–H groups in total. The zero-order valence-electron chi connectivity index (χ0n) is 14.3. The summed E-state index contributed by atoms with van der Waals surface area (Å²) in [5, 5.41) is 3.90. The van der Waals surface area contributed by atoms with Crippen LogP contribution in [0.3, 0.4) is 0 Å². The van der Waals surface area contributed by atoms with Crippen LogP contribution in [-0.2, 0) is 4.79 Å². The third kappa shape index (κ3) is 3.14. The van der Waals surface area contributed by atoms with Gasteiger partial charge in [0.2, 0.25) is 5.91 Å². The van der Waals surface area contributed by atoms with Gasteiger partial charge in [-0.25, -0.2) is 9.78 Å². The van der Waals surface area contributed by atoms with Crippen molar-refractivity contribution in [3.05, 3.63) is 29.3 Å². The molecule has 25 heavy (non-hydrogen) atoms. The number of carbonyl (C=O) groups excluding carboxylic acids is 2. The van der Waals surface area contributed by atoms with Gasteiger partial charge in [0.15, 0.2) is 0 Å². The lowest BCUT2D eigenvalue weighted by Crippen LogP contribution is -2.50. The van der Waals surface area contributed by atoms with E-state index in [9.17, 15) is 9.59 Å². The zero-order chi connectivity index (χ0) is 17.4. The SMILES string of the molecule is C[C@H](C(=O)N1CCNC1=O)N1CCC(c2nc3ccccc3s2)CC1. The second-order valence-electron chi connectivity index (χ2n) is 6.73. The third-order valence-electron chi connectivity index (χ3n) is 5.22. The molecule has 2 aliphatic rings. The van der Waals surface area contributed by atoms with Crippen LogP contribution in [-0.4, -0.2) is 58.9 Å². The molecule has 0 unspecified atom stereocenters. The Kier molecular flexibility index (Phi) is 4.43. The minimum atomic E-state index is -0.263. The predicted octanol–water partition coefficient (Wildman–Crippen LogP) is 2.42. The number of nitrogens with one attached hydrogen (secondary N) is 1.